The summed E-state index contributed by atoms with van der Waals surface area (Å²) in [5.41, 5.74) is 3.48. The van der Waals surface area contributed by atoms with Crippen LogP contribution in [0.3, 0.4) is 0 Å². The van der Waals surface area contributed by atoms with E-state index in [2.05, 4.69) is 27.3 Å². The molecular formula is C25H28N4O2. The maximum absolute atomic E-state index is 12.4. The standard InChI is InChI=1S/C25H28N4O2/c1-2-19-9-4-5-12-23(19)31-18-25(30)26-21-11-8-10-20(17-21)22-13-14-24(28-27-22)29-15-6-3-7-16-29/h4-5,8-14,17H,2-3,6-7,15-16,18H2,1H3,(H,26,30). The van der Waals surface area contributed by atoms with Gasteiger partial charge in [-0.15, -0.1) is 10.2 Å². The van der Waals surface area contributed by atoms with Crippen LogP contribution >= 0.6 is 0 Å². The minimum absolute atomic E-state index is 0.0361. The first-order valence-corrected chi connectivity index (χ1v) is 10.9. The minimum atomic E-state index is -0.199. The maximum atomic E-state index is 12.4. The number of aromatic nitrogens is 2. The highest BCUT2D eigenvalue weighted by atomic mass is 16.5. The number of amides is 1. The van der Waals surface area contributed by atoms with Crippen molar-refractivity contribution < 1.29 is 9.53 Å². The Balaban J connectivity index is 1.38. The third-order valence-corrected chi connectivity index (χ3v) is 5.48. The van der Waals surface area contributed by atoms with Crippen LogP contribution in [0.4, 0.5) is 11.5 Å². The lowest BCUT2D eigenvalue weighted by molar-refractivity contribution is -0.118. The van der Waals surface area contributed by atoms with E-state index < -0.39 is 0 Å². The molecule has 2 heterocycles. The number of carbonyl (C=O) groups is 1. The Hall–Kier alpha value is -3.41. The Labute approximate surface area is 183 Å². The Kier molecular flexibility index (Phi) is 6.77. The van der Waals surface area contributed by atoms with E-state index in [0.29, 0.717) is 5.69 Å². The molecule has 1 saturated heterocycles. The van der Waals surface area contributed by atoms with Gasteiger partial charge in [0, 0.05) is 24.3 Å². The molecule has 1 aliphatic heterocycles. The van der Waals surface area contributed by atoms with Crippen LogP contribution < -0.4 is 15.0 Å². The van der Waals surface area contributed by atoms with Gasteiger partial charge in [0.25, 0.3) is 5.91 Å². The second kappa shape index (κ2) is 10.1. The number of hydrogen-bond donors (Lipinski definition) is 1. The molecule has 31 heavy (non-hydrogen) atoms. The summed E-state index contributed by atoms with van der Waals surface area (Å²) in [7, 11) is 0. The molecule has 6 heteroatoms. The molecule has 6 nitrogen and oxygen atoms in total. The van der Waals surface area contributed by atoms with E-state index in [-0.39, 0.29) is 12.5 Å². The molecule has 4 rings (SSSR count). The first-order chi connectivity index (χ1) is 15.2. The Bertz CT molecular complexity index is 1010. The predicted octanol–water partition coefficient (Wildman–Crippen LogP) is 4.71. The molecule has 0 radical (unpaired) electrons. The van der Waals surface area contributed by atoms with Crippen LogP contribution in [0.5, 0.6) is 5.75 Å². The van der Waals surface area contributed by atoms with Gasteiger partial charge >= 0.3 is 0 Å². The van der Waals surface area contributed by atoms with Crippen molar-refractivity contribution in [3.63, 3.8) is 0 Å². The molecule has 0 bridgehead atoms. The highest BCUT2D eigenvalue weighted by Gasteiger charge is 2.13. The minimum Gasteiger partial charge on any atom is -0.483 e. The predicted molar refractivity (Wildman–Crippen MR) is 123 cm³/mol. The molecular weight excluding hydrogens is 388 g/mol. The lowest BCUT2D eigenvalue weighted by Crippen LogP contribution is -2.30. The van der Waals surface area contributed by atoms with Crippen LogP contribution in [0.1, 0.15) is 31.7 Å². The topological polar surface area (TPSA) is 67.3 Å². The summed E-state index contributed by atoms with van der Waals surface area (Å²) in [6, 6.07) is 19.4. The number of para-hydroxylation sites is 1. The van der Waals surface area contributed by atoms with Crippen molar-refractivity contribution in [2.24, 2.45) is 0 Å². The number of nitrogens with zero attached hydrogens (tertiary/aromatic N) is 3. The van der Waals surface area contributed by atoms with E-state index in [4.69, 9.17) is 4.74 Å². The second-order valence-corrected chi connectivity index (χ2v) is 7.70. The molecule has 3 aromatic rings. The van der Waals surface area contributed by atoms with Gasteiger partial charge in [0.15, 0.2) is 12.4 Å². The van der Waals surface area contributed by atoms with Crippen LogP contribution in [0.25, 0.3) is 11.3 Å². The van der Waals surface area contributed by atoms with Gasteiger partial charge in [-0.25, -0.2) is 0 Å². The van der Waals surface area contributed by atoms with Crippen molar-refractivity contribution in [2.75, 3.05) is 29.9 Å². The quantitative estimate of drug-likeness (QED) is 0.604. The third-order valence-electron chi connectivity index (χ3n) is 5.48. The summed E-state index contributed by atoms with van der Waals surface area (Å²) in [6.07, 6.45) is 4.56. The summed E-state index contributed by atoms with van der Waals surface area (Å²) >= 11 is 0. The third kappa shape index (κ3) is 5.40. The molecule has 1 aromatic heterocycles. The van der Waals surface area contributed by atoms with Gasteiger partial charge in [-0.2, -0.15) is 0 Å². The Morgan fingerprint density at radius 2 is 1.84 bits per heavy atom. The molecule has 0 unspecified atom stereocenters. The number of piperidine rings is 1. The smallest absolute Gasteiger partial charge is 0.262 e. The Morgan fingerprint density at radius 3 is 2.61 bits per heavy atom. The van der Waals surface area contributed by atoms with Crippen molar-refractivity contribution in [2.45, 2.75) is 32.6 Å². The number of aryl methyl sites for hydroxylation is 1. The number of hydrogen-bond acceptors (Lipinski definition) is 5. The van der Waals surface area contributed by atoms with Crippen molar-refractivity contribution in [1.82, 2.24) is 10.2 Å². The van der Waals surface area contributed by atoms with E-state index in [1.807, 2.05) is 60.7 Å². The SMILES string of the molecule is CCc1ccccc1OCC(=O)Nc1cccc(-c2ccc(N3CCCCC3)nn2)c1. The van der Waals surface area contributed by atoms with Gasteiger partial charge in [-0.3, -0.25) is 4.79 Å². The van der Waals surface area contributed by atoms with Crippen molar-refractivity contribution >= 4 is 17.4 Å². The van der Waals surface area contributed by atoms with Gasteiger partial charge in [-0.1, -0.05) is 37.3 Å². The molecule has 1 aliphatic rings. The second-order valence-electron chi connectivity index (χ2n) is 7.70. The number of rotatable bonds is 7. The number of benzene rings is 2. The lowest BCUT2D eigenvalue weighted by atomic mass is 10.1. The van der Waals surface area contributed by atoms with Crippen LogP contribution in [0.15, 0.2) is 60.7 Å². The number of ether oxygens (including phenoxy) is 1. The van der Waals surface area contributed by atoms with Crippen molar-refractivity contribution in [1.29, 1.82) is 0 Å². The number of nitrogens with one attached hydrogen (secondary N) is 1. The number of anilines is 2. The molecule has 0 spiro atoms. The van der Waals surface area contributed by atoms with Gasteiger partial charge in [-0.05, 0) is 61.6 Å². The van der Waals surface area contributed by atoms with Crippen molar-refractivity contribution in [3.05, 3.63) is 66.2 Å². The molecule has 1 fully saturated rings. The van der Waals surface area contributed by atoms with Crippen LogP contribution in [0.2, 0.25) is 0 Å². The summed E-state index contributed by atoms with van der Waals surface area (Å²) in [6.45, 7) is 4.11. The average molecular weight is 417 g/mol. The zero-order valence-electron chi connectivity index (χ0n) is 17.9. The first-order valence-electron chi connectivity index (χ1n) is 10.9. The zero-order valence-corrected chi connectivity index (χ0v) is 17.9. The fraction of sp³-hybridized carbons (Fsp3) is 0.320. The largest absolute Gasteiger partial charge is 0.483 e. The number of carbonyl (C=O) groups excluding carboxylic acids is 1. The zero-order chi connectivity index (χ0) is 21.5. The summed E-state index contributed by atoms with van der Waals surface area (Å²) in [5, 5.41) is 11.7. The summed E-state index contributed by atoms with van der Waals surface area (Å²) in [5.74, 6) is 1.48. The van der Waals surface area contributed by atoms with E-state index >= 15 is 0 Å². The van der Waals surface area contributed by atoms with Crippen LogP contribution in [-0.2, 0) is 11.2 Å². The molecule has 2 aromatic carbocycles. The van der Waals surface area contributed by atoms with E-state index in [1.54, 1.807) is 0 Å². The van der Waals surface area contributed by atoms with Gasteiger partial charge in [0.05, 0.1) is 5.69 Å². The average Bonchev–Trinajstić information content (AvgIpc) is 2.84. The summed E-state index contributed by atoms with van der Waals surface area (Å²) < 4.78 is 5.71. The van der Waals surface area contributed by atoms with Gasteiger partial charge < -0.3 is 15.0 Å². The molecule has 0 saturated carbocycles. The van der Waals surface area contributed by atoms with Gasteiger partial charge in [0.1, 0.15) is 5.75 Å². The lowest BCUT2D eigenvalue weighted by Gasteiger charge is -2.27. The highest BCUT2D eigenvalue weighted by Crippen LogP contribution is 2.23. The molecule has 0 atom stereocenters. The van der Waals surface area contributed by atoms with E-state index in [9.17, 15) is 4.79 Å². The first kappa shape index (κ1) is 20.8. The van der Waals surface area contributed by atoms with Gasteiger partial charge in [0.2, 0.25) is 0 Å². The molecule has 1 amide bonds. The monoisotopic (exact) mass is 416 g/mol. The maximum Gasteiger partial charge on any atom is 0.262 e. The molecule has 1 N–H and O–H groups in total. The highest BCUT2D eigenvalue weighted by molar-refractivity contribution is 5.92. The van der Waals surface area contributed by atoms with Crippen LogP contribution in [0, 0.1) is 0 Å². The normalized spacial score (nSPS) is 13.6. The molecule has 160 valence electrons. The van der Waals surface area contributed by atoms with E-state index in [1.165, 1.54) is 19.3 Å². The summed E-state index contributed by atoms with van der Waals surface area (Å²) in [4.78, 5) is 14.7. The molecule has 0 aliphatic carbocycles. The fourth-order valence-electron chi connectivity index (χ4n) is 3.80. The van der Waals surface area contributed by atoms with E-state index in [0.717, 1.165) is 47.9 Å². The fourth-order valence-corrected chi connectivity index (χ4v) is 3.80. The Morgan fingerprint density at radius 1 is 1.00 bits per heavy atom. The van der Waals surface area contributed by atoms with Crippen molar-refractivity contribution in [3.8, 4) is 17.0 Å². The van der Waals surface area contributed by atoms with Crippen LogP contribution in [-0.4, -0.2) is 35.8 Å².